The van der Waals surface area contributed by atoms with E-state index in [4.69, 9.17) is 23.2 Å². The van der Waals surface area contributed by atoms with Gasteiger partial charge in [-0.1, -0.05) is 35.3 Å². The van der Waals surface area contributed by atoms with Gasteiger partial charge in [0, 0.05) is 19.8 Å². The summed E-state index contributed by atoms with van der Waals surface area (Å²) < 4.78 is 0. The summed E-state index contributed by atoms with van der Waals surface area (Å²) >= 11 is 11.8. The predicted octanol–water partition coefficient (Wildman–Crippen LogP) is 4.51. The fourth-order valence-electron chi connectivity index (χ4n) is 1.61. The number of hydrogen-bond acceptors (Lipinski definition) is 3. The molecule has 0 aliphatic carbocycles. The number of anilines is 2. The molecule has 0 amide bonds. The summed E-state index contributed by atoms with van der Waals surface area (Å²) in [7, 11) is 4.02. The second-order valence-corrected chi connectivity index (χ2v) is 5.30. The number of hydrazone groups is 1. The van der Waals surface area contributed by atoms with E-state index in [-0.39, 0.29) is 0 Å². The van der Waals surface area contributed by atoms with Gasteiger partial charge in [-0.3, -0.25) is 5.43 Å². The highest BCUT2D eigenvalue weighted by Crippen LogP contribution is 2.24. The minimum atomic E-state index is 0.502. The number of benzene rings is 2. The van der Waals surface area contributed by atoms with Crippen molar-refractivity contribution in [1.82, 2.24) is 0 Å². The van der Waals surface area contributed by atoms with Crippen LogP contribution in [0.3, 0.4) is 0 Å². The van der Waals surface area contributed by atoms with Gasteiger partial charge in [-0.15, -0.1) is 0 Å². The second kappa shape index (κ2) is 6.64. The molecule has 0 saturated heterocycles. The number of nitrogens with one attached hydrogen (secondary N) is 1. The fourth-order valence-corrected chi connectivity index (χ4v) is 1.90. The standard InChI is InChI=1S/C15H15Cl2N3/c1-20(2)13-6-3-11(4-7-13)10-18-19-12-5-8-14(16)15(17)9-12/h3-10,19H,1-2H3/b18-10-. The highest BCUT2D eigenvalue weighted by molar-refractivity contribution is 6.42. The van der Waals surface area contributed by atoms with Gasteiger partial charge in [-0.05, 0) is 35.9 Å². The Labute approximate surface area is 128 Å². The Balaban J connectivity index is 2.00. The monoisotopic (exact) mass is 307 g/mol. The van der Waals surface area contributed by atoms with Crippen molar-refractivity contribution < 1.29 is 0 Å². The van der Waals surface area contributed by atoms with Gasteiger partial charge in [0.1, 0.15) is 0 Å². The molecule has 1 N–H and O–H groups in total. The Morgan fingerprint density at radius 2 is 1.70 bits per heavy atom. The maximum atomic E-state index is 5.93. The van der Waals surface area contributed by atoms with E-state index in [9.17, 15) is 0 Å². The molecule has 0 heterocycles. The molecule has 0 unspecified atom stereocenters. The summed E-state index contributed by atoms with van der Waals surface area (Å²) in [4.78, 5) is 2.05. The van der Waals surface area contributed by atoms with Crippen molar-refractivity contribution in [2.24, 2.45) is 5.10 Å². The van der Waals surface area contributed by atoms with Crippen LogP contribution in [0.15, 0.2) is 47.6 Å². The third-order valence-electron chi connectivity index (χ3n) is 2.74. The van der Waals surface area contributed by atoms with Gasteiger partial charge in [0.05, 0.1) is 21.9 Å². The first-order chi connectivity index (χ1) is 9.56. The van der Waals surface area contributed by atoms with Crippen LogP contribution in [0.4, 0.5) is 11.4 Å². The maximum absolute atomic E-state index is 5.93. The van der Waals surface area contributed by atoms with Gasteiger partial charge in [-0.25, -0.2) is 0 Å². The Kier molecular flexibility index (Phi) is 4.88. The average molecular weight is 308 g/mol. The lowest BCUT2D eigenvalue weighted by Gasteiger charge is -2.11. The van der Waals surface area contributed by atoms with Crippen molar-refractivity contribution in [3.63, 3.8) is 0 Å². The van der Waals surface area contributed by atoms with Crippen LogP contribution in [0.25, 0.3) is 0 Å². The summed E-state index contributed by atoms with van der Waals surface area (Å²) in [6, 6.07) is 13.4. The van der Waals surface area contributed by atoms with Gasteiger partial charge in [0.2, 0.25) is 0 Å². The zero-order valence-electron chi connectivity index (χ0n) is 11.3. The van der Waals surface area contributed by atoms with Crippen LogP contribution in [0.5, 0.6) is 0 Å². The lowest BCUT2D eigenvalue weighted by molar-refractivity contribution is 1.13. The maximum Gasteiger partial charge on any atom is 0.0613 e. The second-order valence-electron chi connectivity index (χ2n) is 4.48. The first-order valence-electron chi connectivity index (χ1n) is 6.08. The lowest BCUT2D eigenvalue weighted by atomic mass is 10.2. The minimum Gasteiger partial charge on any atom is -0.378 e. The number of rotatable bonds is 4. The van der Waals surface area contributed by atoms with Crippen LogP contribution in [0.1, 0.15) is 5.56 Å². The van der Waals surface area contributed by atoms with Crippen LogP contribution in [0, 0.1) is 0 Å². The molecule has 0 atom stereocenters. The molecule has 20 heavy (non-hydrogen) atoms. The molecule has 104 valence electrons. The van der Waals surface area contributed by atoms with Crippen molar-refractivity contribution >= 4 is 40.8 Å². The molecule has 0 spiro atoms. The van der Waals surface area contributed by atoms with E-state index in [1.54, 1.807) is 18.3 Å². The molecule has 0 fully saturated rings. The number of hydrogen-bond donors (Lipinski definition) is 1. The molecule has 0 saturated carbocycles. The molecule has 2 rings (SSSR count). The molecule has 0 aromatic heterocycles. The first-order valence-corrected chi connectivity index (χ1v) is 6.83. The SMILES string of the molecule is CN(C)c1ccc(/C=N\Nc2ccc(Cl)c(Cl)c2)cc1. The molecule has 0 bridgehead atoms. The molecule has 0 aliphatic heterocycles. The van der Waals surface area contributed by atoms with Crippen LogP contribution >= 0.6 is 23.2 Å². The molecular weight excluding hydrogens is 293 g/mol. The third-order valence-corrected chi connectivity index (χ3v) is 3.48. The summed E-state index contributed by atoms with van der Waals surface area (Å²) in [5, 5.41) is 5.20. The third kappa shape index (κ3) is 3.89. The normalized spacial score (nSPS) is 10.8. The minimum absolute atomic E-state index is 0.502. The molecular formula is C15H15Cl2N3. The summed E-state index contributed by atoms with van der Waals surface area (Å²) in [5.74, 6) is 0. The van der Waals surface area contributed by atoms with E-state index < -0.39 is 0 Å². The molecule has 0 aliphatic rings. The largest absolute Gasteiger partial charge is 0.378 e. The van der Waals surface area contributed by atoms with E-state index in [0.717, 1.165) is 16.9 Å². The Hall–Kier alpha value is -1.71. The van der Waals surface area contributed by atoms with E-state index in [0.29, 0.717) is 10.0 Å². The molecule has 3 nitrogen and oxygen atoms in total. The number of nitrogens with zero attached hydrogens (tertiary/aromatic N) is 2. The molecule has 2 aromatic rings. The molecule has 5 heteroatoms. The number of halogens is 2. The lowest BCUT2D eigenvalue weighted by Crippen LogP contribution is -2.08. The fraction of sp³-hybridized carbons (Fsp3) is 0.133. The van der Waals surface area contributed by atoms with E-state index >= 15 is 0 Å². The first kappa shape index (κ1) is 14.7. The summed E-state index contributed by atoms with van der Waals surface area (Å²) in [6.07, 6.45) is 1.75. The van der Waals surface area contributed by atoms with Crippen molar-refractivity contribution in [3.05, 3.63) is 58.1 Å². The quantitative estimate of drug-likeness (QED) is 0.665. The Morgan fingerprint density at radius 3 is 2.30 bits per heavy atom. The average Bonchev–Trinajstić information content (AvgIpc) is 2.43. The Morgan fingerprint density at radius 1 is 1.00 bits per heavy atom. The van der Waals surface area contributed by atoms with Gasteiger partial charge in [0.15, 0.2) is 0 Å². The zero-order chi connectivity index (χ0) is 14.5. The van der Waals surface area contributed by atoms with E-state index in [1.165, 1.54) is 0 Å². The van der Waals surface area contributed by atoms with Crippen molar-refractivity contribution in [2.75, 3.05) is 24.4 Å². The topological polar surface area (TPSA) is 27.6 Å². The van der Waals surface area contributed by atoms with Gasteiger partial charge >= 0.3 is 0 Å². The highest BCUT2D eigenvalue weighted by atomic mass is 35.5. The van der Waals surface area contributed by atoms with Gasteiger partial charge in [0.25, 0.3) is 0 Å². The van der Waals surface area contributed by atoms with Crippen LogP contribution in [-0.2, 0) is 0 Å². The van der Waals surface area contributed by atoms with Crippen molar-refractivity contribution in [2.45, 2.75) is 0 Å². The van der Waals surface area contributed by atoms with E-state index in [1.807, 2.05) is 44.4 Å². The molecule has 2 aromatic carbocycles. The predicted molar refractivity (Wildman–Crippen MR) is 88.4 cm³/mol. The van der Waals surface area contributed by atoms with Crippen molar-refractivity contribution in [3.8, 4) is 0 Å². The smallest absolute Gasteiger partial charge is 0.0613 e. The van der Waals surface area contributed by atoms with Crippen LogP contribution in [-0.4, -0.2) is 20.3 Å². The van der Waals surface area contributed by atoms with Crippen LogP contribution < -0.4 is 10.3 Å². The Bertz CT molecular complexity index is 607. The summed E-state index contributed by atoms with van der Waals surface area (Å²) in [6.45, 7) is 0. The zero-order valence-corrected chi connectivity index (χ0v) is 12.8. The highest BCUT2D eigenvalue weighted by Gasteiger charge is 1.98. The van der Waals surface area contributed by atoms with Gasteiger partial charge < -0.3 is 4.90 Å². The van der Waals surface area contributed by atoms with E-state index in [2.05, 4.69) is 15.4 Å². The van der Waals surface area contributed by atoms with Crippen molar-refractivity contribution in [1.29, 1.82) is 0 Å². The van der Waals surface area contributed by atoms with Gasteiger partial charge in [-0.2, -0.15) is 5.10 Å². The molecule has 0 radical (unpaired) electrons. The summed E-state index contributed by atoms with van der Waals surface area (Å²) in [5.41, 5.74) is 5.88. The van der Waals surface area contributed by atoms with Crippen LogP contribution in [0.2, 0.25) is 10.0 Å².